The Morgan fingerprint density at radius 2 is 1.75 bits per heavy atom. The van der Waals surface area contributed by atoms with Gasteiger partial charge >= 0.3 is 7.12 Å². The summed E-state index contributed by atoms with van der Waals surface area (Å²) in [6.07, 6.45) is 1.81. The van der Waals surface area contributed by atoms with Crippen molar-refractivity contribution < 1.29 is 9.31 Å². The molecule has 1 saturated heterocycles. The maximum absolute atomic E-state index is 6.25. The molecule has 1 aromatic carbocycles. The standard InChI is InChI=1S/C14H18BClN2O2/c1-13(2)14(3,4)20-15(19-13)10-6-7-11(16)12-9(10)8-17-18(12)5/h6-8H,1-5H3. The van der Waals surface area contributed by atoms with Crippen molar-refractivity contribution in [2.24, 2.45) is 7.05 Å². The van der Waals surface area contributed by atoms with Crippen LogP contribution in [-0.2, 0) is 16.4 Å². The Labute approximate surface area is 124 Å². The molecule has 0 unspecified atom stereocenters. The van der Waals surface area contributed by atoms with Crippen molar-refractivity contribution in [1.29, 1.82) is 0 Å². The lowest BCUT2D eigenvalue weighted by atomic mass is 9.77. The molecule has 2 aromatic rings. The molecule has 0 spiro atoms. The van der Waals surface area contributed by atoms with E-state index in [1.165, 1.54) is 0 Å². The first-order valence-electron chi connectivity index (χ1n) is 6.69. The third kappa shape index (κ3) is 1.88. The van der Waals surface area contributed by atoms with E-state index >= 15 is 0 Å². The number of nitrogens with zero attached hydrogens (tertiary/aromatic N) is 2. The van der Waals surface area contributed by atoms with Crippen molar-refractivity contribution in [3.63, 3.8) is 0 Å². The Balaban J connectivity index is 2.11. The fourth-order valence-corrected chi connectivity index (χ4v) is 2.73. The van der Waals surface area contributed by atoms with E-state index in [-0.39, 0.29) is 11.2 Å². The number of benzene rings is 1. The zero-order valence-electron chi connectivity index (χ0n) is 12.4. The molecule has 1 aliphatic rings. The lowest BCUT2D eigenvalue weighted by Crippen LogP contribution is -2.41. The highest BCUT2D eigenvalue weighted by Crippen LogP contribution is 2.37. The van der Waals surface area contributed by atoms with Crippen LogP contribution >= 0.6 is 11.6 Å². The number of aryl methyl sites for hydroxylation is 1. The molecule has 0 atom stereocenters. The van der Waals surface area contributed by atoms with Crippen LogP contribution in [0.4, 0.5) is 0 Å². The second kappa shape index (κ2) is 4.23. The minimum Gasteiger partial charge on any atom is -0.399 e. The molecule has 0 radical (unpaired) electrons. The van der Waals surface area contributed by atoms with Gasteiger partial charge in [-0.25, -0.2) is 0 Å². The van der Waals surface area contributed by atoms with Crippen LogP contribution in [0, 0.1) is 0 Å². The monoisotopic (exact) mass is 292 g/mol. The normalized spacial score (nSPS) is 20.8. The van der Waals surface area contributed by atoms with Gasteiger partial charge in [0.25, 0.3) is 0 Å². The summed E-state index contributed by atoms with van der Waals surface area (Å²) in [7, 11) is 1.48. The molecule has 1 aromatic heterocycles. The number of hydrogen-bond donors (Lipinski definition) is 0. The molecule has 0 aliphatic carbocycles. The Morgan fingerprint density at radius 1 is 1.15 bits per heavy atom. The minimum atomic E-state index is -0.399. The highest BCUT2D eigenvalue weighted by atomic mass is 35.5. The van der Waals surface area contributed by atoms with Gasteiger partial charge in [-0.2, -0.15) is 5.10 Å². The van der Waals surface area contributed by atoms with Crippen LogP contribution in [0.5, 0.6) is 0 Å². The largest absolute Gasteiger partial charge is 0.495 e. The summed E-state index contributed by atoms with van der Waals surface area (Å²) in [5.41, 5.74) is 1.16. The Hall–Kier alpha value is -1.04. The van der Waals surface area contributed by atoms with E-state index in [0.29, 0.717) is 5.02 Å². The number of fused-ring (bicyclic) bond motifs is 1. The summed E-state index contributed by atoms with van der Waals surface area (Å²) in [5, 5.41) is 5.93. The molecule has 1 fully saturated rings. The predicted molar refractivity (Wildman–Crippen MR) is 81.4 cm³/mol. The zero-order valence-corrected chi connectivity index (χ0v) is 13.2. The van der Waals surface area contributed by atoms with Crippen LogP contribution in [0.25, 0.3) is 10.9 Å². The molecule has 0 bridgehead atoms. The molecule has 6 heteroatoms. The highest BCUT2D eigenvalue weighted by molar-refractivity contribution is 6.65. The first-order valence-corrected chi connectivity index (χ1v) is 7.06. The lowest BCUT2D eigenvalue weighted by Gasteiger charge is -2.32. The van der Waals surface area contributed by atoms with Crippen LogP contribution < -0.4 is 5.46 Å². The Morgan fingerprint density at radius 3 is 2.35 bits per heavy atom. The van der Waals surface area contributed by atoms with Crippen molar-refractivity contribution in [3.05, 3.63) is 23.4 Å². The summed E-state index contributed by atoms with van der Waals surface area (Å²) in [6.45, 7) is 8.18. The molecule has 0 saturated carbocycles. The van der Waals surface area contributed by atoms with Crippen LogP contribution in [0.1, 0.15) is 27.7 Å². The fraction of sp³-hybridized carbons (Fsp3) is 0.500. The second-order valence-corrected chi connectivity index (χ2v) is 6.66. The average molecular weight is 293 g/mol. The number of halogens is 1. The van der Waals surface area contributed by atoms with Crippen LogP contribution in [0.2, 0.25) is 5.02 Å². The molecule has 0 N–H and O–H groups in total. The molecule has 2 heterocycles. The predicted octanol–water partition coefficient (Wildman–Crippen LogP) is 2.53. The molecule has 3 rings (SSSR count). The van der Waals surface area contributed by atoms with Gasteiger partial charge in [0.15, 0.2) is 0 Å². The van der Waals surface area contributed by atoms with E-state index < -0.39 is 7.12 Å². The van der Waals surface area contributed by atoms with Crippen molar-refractivity contribution in [3.8, 4) is 0 Å². The molecule has 1 aliphatic heterocycles. The molecule has 20 heavy (non-hydrogen) atoms. The van der Waals surface area contributed by atoms with Gasteiger partial charge in [-0.3, -0.25) is 4.68 Å². The van der Waals surface area contributed by atoms with E-state index in [1.54, 1.807) is 4.68 Å². The molecule has 106 valence electrons. The smallest absolute Gasteiger partial charge is 0.399 e. The molecular formula is C14H18BClN2O2. The first kappa shape index (κ1) is 13.9. The summed E-state index contributed by atoms with van der Waals surface area (Å²) in [5.74, 6) is 0. The molecule has 4 nitrogen and oxygen atoms in total. The first-order chi connectivity index (χ1) is 9.23. The van der Waals surface area contributed by atoms with Crippen LogP contribution in [0.15, 0.2) is 18.3 Å². The van der Waals surface area contributed by atoms with Gasteiger partial charge in [0.2, 0.25) is 0 Å². The number of hydrogen-bond acceptors (Lipinski definition) is 3. The third-order valence-corrected chi connectivity index (χ3v) is 4.70. The van der Waals surface area contributed by atoms with Gasteiger partial charge in [-0.15, -0.1) is 0 Å². The zero-order chi connectivity index (χ0) is 14.7. The topological polar surface area (TPSA) is 36.3 Å². The molecule has 0 amide bonds. The van der Waals surface area contributed by atoms with Gasteiger partial charge in [0.05, 0.1) is 27.9 Å². The summed E-state index contributed by atoms with van der Waals surface area (Å²) in [6, 6.07) is 3.82. The number of aromatic nitrogens is 2. The van der Waals surface area contributed by atoms with E-state index in [9.17, 15) is 0 Å². The average Bonchev–Trinajstić information content (AvgIpc) is 2.80. The van der Waals surface area contributed by atoms with Gasteiger partial charge in [0.1, 0.15) is 0 Å². The minimum absolute atomic E-state index is 0.355. The van der Waals surface area contributed by atoms with E-state index in [2.05, 4.69) is 5.10 Å². The van der Waals surface area contributed by atoms with Gasteiger partial charge in [0, 0.05) is 12.4 Å². The Kier molecular flexibility index (Phi) is 2.94. The van der Waals surface area contributed by atoms with Crippen molar-refractivity contribution in [1.82, 2.24) is 9.78 Å². The summed E-state index contributed by atoms with van der Waals surface area (Å²) in [4.78, 5) is 0. The van der Waals surface area contributed by atoms with Crippen molar-refractivity contribution >= 4 is 35.1 Å². The third-order valence-electron chi connectivity index (χ3n) is 4.39. The second-order valence-electron chi connectivity index (χ2n) is 6.26. The van der Waals surface area contributed by atoms with E-state index in [1.807, 2.05) is 53.1 Å². The number of rotatable bonds is 1. The van der Waals surface area contributed by atoms with Gasteiger partial charge in [-0.1, -0.05) is 17.7 Å². The van der Waals surface area contributed by atoms with Crippen LogP contribution in [-0.4, -0.2) is 28.1 Å². The lowest BCUT2D eigenvalue weighted by molar-refractivity contribution is 0.00578. The maximum Gasteiger partial charge on any atom is 0.495 e. The van der Waals surface area contributed by atoms with Crippen molar-refractivity contribution in [2.45, 2.75) is 38.9 Å². The quantitative estimate of drug-likeness (QED) is 0.758. The highest BCUT2D eigenvalue weighted by Gasteiger charge is 2.52. The van der Waals surface area contributed by atoms with Crippen LogP contribution in [0.3, 0.4) is 0 Å². The van der Waals surface area contributed by atoms with Gasteiger partial charge < -0.3 is 9.31 Å². The fourth-order valence-electron chi connectivity index (χ4n) is 2.44. The van der Waals surface area contributed by atoms with Gasteiger partial charge in [-0.05, 0) is 39.2 Å². The van der Waals surface area contributed by atoms with Crippen molar-refractivity contribution in [2.75, 3.05) is 0 Å². The summed E-state index contributed by atoms with van der Waals surface area (Å²) < 4.78 is 14.0. The summed E-state index contributed by atoms with van der Waals surface area (Å²) >= 11 is 6.25. The maximum atomic E-state index is 6.25. The van der Waals surface area contributed by atoms with E-state index in [0.717, 1.165) is 16.4 Å². The molecular weight excluding hydrogens is 274 g/mol. The van der Waals surface area contributed by atoms with E-state index in [4.69, 9.17) is 20.9 Å². The Bertz CT molecular complexity index is 665. The SMILES string of the molecule is Cn1ncc2c(B3OC(C)(C)C(C)(C)O3)ccc(Cl)c21.